The molecule has 6 nitrogen and oxygen atoms in total. The SMILES string of the molecule is CCOc1cc(C(=S)N2CCN(c3ccc(F)cc3)CC2)ccc1OCC(=O)Nc1ccccc1CC. The molecule has 0 aliphatic carbocycles. The number of carbonyl (C=O) groups excluding carboxylic acids is 1. The number of benzene rings is 3. The van der Waals surface area contributed by atoms with E-state index in [2.05, 4.69) is 15.1 Å². The van der Waals surface area contributed by atoms with Gasteiger partial charge in [0, 0.05) is 43.1 Å². The zero-order chi connectivity index (χ0) is 26.2. The van der Waals surface area contributed by atoms with Crippen molar-refractivity contribution in [1.82, 2.24) is 4.90 Å². The van der Waals surface area contributed by atoms with Crippen LogP contribution in [0.2, 0.25) is 0 Å². The Balaban J connectivity index is 1.37. The number of anilines is 2. The van der Waals surface area contributed by atoms with Crippen LogP contribution in [-0.4, -0.2) is 55.2 Å². The Kier molecular flexibility index (Phi) is 8.95. The summed E-state index contributed by atoms with van der Waals surface area (Å²) in [6.07, 6.45) is 0.828. The van der Waals surface area contributed by atoms with E-state index < -0.39 is 0 Å². The predicted molar refractivity (Wildman–Crippen MR) is 149 cm³/mol. The average Bonchev–Trinajstić information content (AvgIpc) is 2.93. The highest BCUT2D eigenvalue weighted by Crippen LogP contribution is 2.30. The maximum Gasteiger partial charge on any atom is 0.262 e. The first kappa shape index (κ1) is 26.4. The number of hydrogen-bond donors (Lipinski definition) is 1. The Labute approximate surface area is 223 Å². The standard InChI is InChI=1S/C29H32FN3O3S/c1-3-21-7-5-6-8-25(21)31-28(34)20-36-26-14-9-22(19-27(26)35-4-2)29(37)33-17-15-32(16-18-33)24-12-10-23(30)11-13-24/h5-14,19H,3-4,15-18,20H2,1-2H3,(H,31,34). The van der Waals surface area contributed by atoms with Crippen molar-refractivity contribution < 1.29 is 18.7 Å². The molecule has 1 aliphatic rings. The molecule has 1 N–H and O–H groups in total. The number of carbonyl (C=O) groups is 1. The van der Waals surface area contributed by atoms with E-state index in [9.17, 15) is 9.18 Å². The molecule has 1 aliphatic heterocycles. The fraction of sp³-hybridized carbons (Fsp3) is 0.310. The van der Waals surface area contributed by atoms with Gasteiger partial charge in [-0.1, -0.05) is 37.3 Å². The summed E-state index contributed by atoms with van der Waals surface area (Å²) in [5.41, 5.74) is 3.74. The Morgan fingerprint density at radius 2 is 1.68 bits per heavy atom. The molecule has 8 heteroatoms. The van der Waals surface area contributed by atoms with E-state index in [4.69, 9.17) is 21.7 Å². The largest absolute Gasteiger partial charge is 0.490 e. The Hall–Kier alpha value is -3.65. The van der Waals surface area contributed by atoms with Gasteiger partial charge in [-0.05, 0) is 67.4 Å². The Morgan fingerprint density at radius 3 is 2.38 bits per heavy atom. The van der Waals surface area contributed by atoms with Gasteiger partial charge in [0.25, 0.3) is 5.91 Å². The van der Waals surface area contributed by atoms with Crippen LogP contribution in [0.15, 0.2) is 66.7 Å². The number of aryl methyl sites for hydroxylation is 1. The number of piperazine rings is 1. The van der Waals surface area contributed by atoms with Gasteiger partial charge < -0.3 is 24.6 Å². The molecule has 0 saturated carbocycles. The van der Waals surface area contributed by atoms with Crippen molar-refractivity contribution in [3.8, 4) is 11.5 Å². The molecule has 1 heterocycles. The molecule has 0 radical (unpaired) electrons. The molecule has 37 heavy (non-hydrogen) atoms. The maximum absolute atomic E-state index is 13.2. The molecule has 194 valence electrons. The number of rotatable bonds is 9. The third-order valence-electron chi connectivity index (χ3n) is 6.28. The highest BCUT2D eigenvalue weighted by molar-refractivity contribution is 7.80. The molecule has 3 aromatic rings. The van der Waals surface area contributed by atoms with E-state index in [1.165, 1.54) is 12.1 Å². The van der Waals surface area contributed by atoms with Crippen molar-refractivity contribution in [3.63, 3.8) is 0 Å². The van der Waals surface area contributed by atoms with Crippen molar-refractivity contribution in [2.75, 3.05) is 49.6 Å². The Bertz CT molecular complexity index is 1230. The van der Waals surface area contributed by atoms with E-state index in [0.717, 1.165) is 60.1 Å². The van der Waals surface area contributed by atoms with Crippen LogP contribution in [-0.2, 0) is 11.2 Å². The van der Waals surface area contributed by atoms with Crippen LogP contribution in [0.25, 0.3) is 0 Å². The minimum absolute atomic E-state index is 0.132. The molecule has 0 atom stereocenters. The zero-order valence-corrected chi connectivity index (χ0v) is 22.0. The number of hydrogen-bond acceptors (Lipinski definition) is 5. The second-order valence-electron chi connectivity index (χ2n) is 8.70. The number of para-hydroxylation sites is 1. The van der Waals surface area contributed by atoms with E-state index in [0.29, 0.717) is 18.1 Å². The van der Waals surface area contributed by atoms with E-state index >= 15 is 0 Å². The lowest BCUT2D eigenvalue weighted by Gasteiger charge is -2.37. The molecule has 0 spiro atoms. The minimum atomic E-state index is -0.234. The monoisotopic (exact) mass is 521 g/mol. The summed E-state index contributed by atoms with van der Waals surface area (Å²) in [7, 11) is 0. The van der Waals surface area contributed by atoms with Gasteiger partial charge in [-0.15, -0.1) is 0 Å². The van der Waals surface area contributed by atoms with Crippen molar-refractivity contribution in [1.29, 1.82) is 0 Å². The van der Waals surface area contributed by atoms with Gasteiger partial charge >= 0.3 is 0 Å². The Morgan fingerprint density at radius 1 is 0.946 bits per heavy atom. The van der Waals surface area contributed by atoms with Crippen LogP contribution < -0.4 is 19.7 Å². The summed E-state index contributed by atoms with van der Waals surface area (Å²) in [5, 5.41) is 2.92. The van der Waals surface area contributed by atoms with Crippen molar-refractivity contribution in [3.05, 3.63) is 83.7 Å². The predicted octanol–water partition coefficient (Wildman–Crippen LogP) is 5.30. The number of halogens is 1. The molecule has 0 aromatic heterocycles. The maximum atomic E-state index is 13.2. The average molecular weight is 522 g/mol. The van der Waals surface area contributed by atoms with Gasteiger partial charge in [0.15, 0.2) is 18.1 Å². The lowest BCUT2D eigenvalue weighted by molar-refractivity contribution is -0.118. The van der Waals surface area contributed by atoms with Crippen LogP contribution in [0.5, 0.6) is 11.5 Å². The van der Waals surface area contributed by atoms with Crippen LogP contribution in [0.3, 0.4) is 0 Å². The highest BCUT2D eigenvalue weighted by atomic mass is 32.1. The van der Waals surface area contributed by atoms with Crippen LogP contribution in [0.1, 0.15) is 25.0 Å². The second-order valence-corrected chi connectivity index (χ2v) is 9.08. The normalized spacial score (nSPS) is 13.3. The summed E-state index contributed by atoms with van der Waals surface area (Å²) in [6, 6.07) is 19.9. The number of thiocarbonyl (C=S) groups is 1. The number of nitrogens with one attached hydrogen (secondary N) is 1. The molecule has 4 rings (SSSR count). The fourth-order valence-corrected chi connectivity index (χ4v) is 4.62. The number of amides is 1. The third-order valence-corrected chi connectivity index (χ3v) is 6.77. The second kappa shape index (κ2) is 12.5. The number of ether oxygens (including phenoxy) is 2. The zero-order valence-electron chi connectivity index (χ0n) is 21.2. The molecule has 0 bridgehead atoms. The molecule has 1 amide bonds. The molecule has 0 unspecified atom stereocenters. The van der Waals surface area contributed by atoms with Crippen LogP contribution in [0.4, 0.5) is 15.8 Å². The lowest BCUT2D eigenvalue weighted by atomic mass is 10.1. The lowest BCUT2D eigenvalue weighted by Crippen LogP contribution is -2.48. The van der Waals surface area contributed by atoms with Gasteiger partial charge in [-0.25, -0.2) is 4.39 Å². The fourth-order valence-electron chi connectivity index (χ4n) is 4.31. The van der Waals surface area contributed by atoms with E-state index in [1.807, 2.05) is 50.2 Å². The molecule has 1 saturated heterocycles. The summed E-state index contributed by atoms with van der Waals surface area (Å²) in [6.45, 7) is 7.39. The first-order valence-corrected chi connectivity index (χ1v) is 13.0. The first-order chi connectivity index (χ1) is 18.0. The minimum Gasteiger partial charge on any atom is -0.490 e. The first-order valence-electron chi connectivity index (χ1n) is 12.6. The molecular weight excluding hydrogens is 489 g/mol. The summed E-state index contributed by atoms with van der Waals surface area (Å²) < 4.78 is 24.9. The van der Waals surface area contributed by atoms with Crippen molar-refractivity contribution >= 4 is 34.5 Å². The third kappa shape index (κ3) is 6.77. The van der Waals surface area contributed by atoms with Crippen LogP contribution in [0, 0.1) is 5.82 Å². The topological polar surface area (TPSA) is 54.0 Å². The van der Waals surface area contributed by atoms with Gasteiger partial charge in [-0.2, -0.15) is 0 Å². The van der Waals surface area contributed by atoms with Gasteiger partial charge in [0.2, 0.25) is 0 Å². The van der Waals surface area contributed by atoms with Gasteiger partial charge in [-0.3, -0.25) is 4.79 Å². The number of nitrogens with zero attached hydrogens (tertiary/aromatic N) is 2. The van der Waals surface area contributed by atoms with Crippen LogP contribution >= 0.6 is 12.2 Å². The molecular formula is C29H32FN3O3S. The van der Waals surface area contributed by atoms with E-state index in [-0.39, 0.29) is 18.3 Å². The highest BCUT2D eigenvalue weighted by Gasteiger charge is 2.21. The van der Waals surface area contributed by atoms with Crippen molar-refractivity contribution in [2.45, 2.75) is 20.3 Å². The van der Waals surface area contributed by atoms with Gasteiger partial charge in [0.05, 0.1) is 6.61 Å². The quantitative estimate of drug-likeness (QED) is 0.386. The summed E-state index contributed by atoms with van der Waals surface area (Å²) in [4.78, 5) is 17.7. The van der Waals surface area contributed by atoms with Crippen molar-refractivity contribution in [2.24, 2.45) is 0 Å². The smallest absolute Gasteiger partial charge is 0.262 e. The molecule has 3 aromatic carbocycles. The summed E-state index contributed by atoms with van der Waals surface area (Å²) >= 11 is 5.80. The summed E-state index contributed by atoms with van der Waals surface area (Å²) in [5.74, 6) is 0.577. The van der Waals surface area contributed by atoms with Gasteiger partial charge in [0.1, 0.15) is 10.8 Å². The van der Waals surface area contributed by atoms with E-state index in [1.54, 1.807) is 18.2 Å². The molecule has 1 fully saturated rings.